The molecule has 0 atom stereocenters. The number of hydrogen-bond donors (Lipinski definition) is 0. The molecule has 1 heteroatoms. The lowest BCUT2D eigenvalue weighted by Crippen LogP contribution is -2.17. The molecule has 0 aliphatic carbocycles. The first-order valence-electron chi connectivity index (χ1n) is 9.75. The van der Waals surface area contributed by atoms with Crippen molar-refractivity contribution in [3.63, 3.8) is 0 Å². The zero-order valence-electron chi connectivity index (χ0n) is 16.3. The molecule has 0 aliphatic rings. The van der Waals surface area contributed by atoms with Gasteiger partial charge in [-0.15, -0.1) is 0 Å². The minimum Gasteiger partial charge on any atom is -0.298 e. The highest BCUT2D eigenvalue weighted by molar-refractivity contribution is 5.64. The SMILES string of the molecule is CN(Cc1ccc(-c2ccccc2)cc1)Cc1ccc(-c2ccccc2)cc1. The molecule has 0 radical (unpaired) electrons. The highest BCUT2D eigenvalue weighted by atomic mass is 15.1. The van der Waals surface area contributed by atoms with Crippen LogP contribution in [0.25, 0.3) is 22.3 Å². The van der Waals surface area contributed by atoms with Crippen molar-refractivity contribution in [1.82, 2.24) is 4.90 Å². The van der Waals surface area contributed by atoms with Crippen LogP contribution in [0.4, 0.5) is 0 Å². The molecule has 28 heavy (non-hydrogen) atoms. The second-order valence-corrected chi connectivity index (χ2v) is 7.30. The predicted octanol–water partition coefficient (Wildman–Crippen LogP) is 6.65. The number of rotatable bonds is 6. The van der Waals surface area contributed by atoms with Crippen molar-refractivity contribution in [3.8, 4) is 22.3 Å². The fraction of sp³-hybridized carbons (Fsp3) is 0.111. The molecule has 0 spiro atoms. The monoisotopic (exact) mass is 363 g/mol. The molecule has 0 saturated carbocycles. The summed E-state index contributed by atoms with van der Waals surface area (Å²) in [5, 5.41) is 0. The molecule has 4 aromatic rings. The van der Waals surface area contributed by atoms with Crippen LogP contribution in [0, 0.1) is 0 Å². The van der Waals surface area contributed by atoms with Crippen LogP contribution in [-0.4, -0.2) is 11.9 Å². The average Bonchev–Trinajstić information content (AvgIpc) is 2.76. The summed E-state index contributed by atoms with van der Waals surface area (Å²) in [6.07, 6.45) is 0. The largest absolute Gasteiger partial charge is 0.298 e. The lowest BCUT2D eigenvalue weighted by atomic mass is 10.0. The fourth-order valence-corrected chi connectivity index (χ4v) is 3.55. The summed E-state index contributed by atoms with van der Waals surface area (Å²) in [5.41, 5.74) is 7.74. The maximum Gasteiger partial charge on any atom is 0.0234 e. The van der Waals surface area contributed by atoms with Gasteiger partial charge in [0.1, 0.15) is 0 Å². The second kappa shape index (κ2) is 8.69. The zero-order chi connectivity index (χ0) is 19.2. The van der Waals surface area contributed by atoms with Gasteiger partial charge >= 0.3 is 0 Å². The van der Waals surface area contributed by atoms with Crippen LogP contribution in [0.15, 0.2) is 109 Å². The van der Waals surface area contributed by atoms with Gasteiger partial charge in [-0.1, -0.05) is 109 Å². The van der Waals surface area contributed by atoms with Gasteiger partial charge in [0.15, 0.2) is 0 Å². The third kappa shape index (κ3) is 4.57. The predicted molar refractivity (Wildman–Crippen MR) is 119 cm³/mol. The van der Waals surface area contributed by atoms with E-state index in [-0.39, 0.29) is 0 Å². The van der Waals surface area contributed by atoms with Gasteiger partial charge in [0.2, 0.25) is 0 Å². The fourth-order valence-electron chi connectivity index (χ4n) is 3.55. The summed E-state index contributed by atoms with van der Waals surface area (Å²) in [7, 11) is 2.18. The second-order valence-electron chi connectivity index (χ2n) is 7.30. The highest BCUT2D eigenvalue weighted by Gasteiger charge is 2.04. The Bertz CT molecular complexity index is 903. The van der Waals surface area contributed by atoms with Gasteiger partial charge in [-0.2, -0.15) is 0 Å². The van der Waals surface area contributed by atoms with E-state index < -0.39 is 0 Å². The first-order valence-corrected chi connectivity index (χ1v) is 9.75. The molecule has 0 saturated heterocycles. The van der Waals surface area contributed by atoms with Crippen molar-refractivity contribution >= 4 is 0 Å². The molecule has 0 aliphatic heterocycles. The molecule has 0 amide bonds. The number of nitrogens with zero attached hydrogens (tertiary/aromatic N) is 1. The topological polar surface area (TPSA) is 3.24 Å². The Hall–Kier alpha value is -3.16. The van der Waals surface area contributed by atoms with Crippen LogP contribution >= 0.6 is 0 Å². The van der Waals surface area contributed by atoms with Gasteiger partial charge in [-0.05, 0) is 40.4 Å². The lowest BCUT2D eigenvalue weighted by Gasteiger charge is -2.17. The van der Waals surface area contributed by atoms with Gasteiger partial charge in [0.25, 0.3) is 0 Å². The van der Waals surface area contributed by atoms with E-state index in [1.165, 1.54) is 33.4 Å². The summed E-state index contributed by atoms with van der Waals surface area (Å²) in [6.45, 7) is 1.88. The molecule has 4 rings (SSSR count). The van der Waals surface area contributed by atoms with E-state index >= 15 is 0 Å². The van der Waals surface area contributed by atoms with Crippen LogP contribution in [0.5, 0.6) is 0 Å². The third-order valence-corrected chi connectivity index (χ3v) is 5.03. The van der Waals surface area contributed by atoms with Crippen molar-refractivity contribution in [3.05, 3.63) is 120 Å². The molecule has 0 aromatic heterocycles. The van der Waals surface area contributed by atoms with E-state index in [4.69, 9.17) is 0 Å². The minimum atomic E-state index is 0.940. The molecule has 0 fully saturated rings. The summed E-state index contributed by atoms with van der Waals surface area (Å²) in [4.78, 5) is 2.36. The Morgan fingerprint density at radius 3 is 1.11 bits per heavy atom. The Labute approximate surface area is 167 Å². The molecule has 1 nitrogen and oxygen atoms in total. The van der Waals surface area contributed by atoms with Gasteiger partial charge < -0.3 is 0 Å². The molecule has 138 valence electrons. The smallest absolute Gasteiger partial charge is 0.0234 e. The van der Waals surface area contributed by atoms with Crippen LogP contribution in [-0.2, 0) is 13.1 Å². The van der Waals surface area contributed by atoms with Crippen LogP contribution in [0.3, 0.4) is 0 Å². The Kier molecular flexibility index (Phi) is 5.65. The normalized spacial score (nSPS) is 10.9. The van der Waals surface area contributed by atoms with E-state index in [0.29, 0.717) is 0 Å². The van der Waals surface area contributed by atoms with E-state index in [1.54, 1.807) is 0 Å². The number of benzene rings is 4. The van der Waals surface area contributed by atoms with E-state index in [0.717, 1.165) is 13.1 Å². The van der Waals surface area contributed by atoms with E-state index in [1.807, 2.05) is 0 Å². The van der Waals surface area contributed by atoms with Crippen molar-refractivity contribution in [2.24, 2.45) is 0 Å². The molecule has 0 heterocycles. The van der Waals surface area contributed by atoms with Gasteiger partial charge in [-0.25, -0.2) is 0 Å². The maximum atomic E-state index is 2.36. The summed E-state index contributed by atoms with van der Waals surface area (Å²) in [5.74, 6) is 0. The summed E-state index contributed by atoms with van der Waals surface area (Å²) >= 11 is 0. The van der Waals surface area contributed by atoms with E-state index in [2.05, 4.69) is 121 Å². The summed E-state index contributed by atoms with van der Waals surface area (Å²) < 4.78 is 0. The summed E-state index contributed by atoms with van der Waals surface area (Å²) in [6, 6.07) is 38.9. The van der Waals surface area contributed by atoms with Crippen molar-refractivity contribution in [2.45, 2.75) is 13.1 Å². The Balaban J connectivity index is 1.37. The molecule has 0 N–H and O–H groups in total. The minimum absolute atomic E-state index is 0.940. The quantitative estimate of drug-likeness (QED) is 0.370. The molecular weight excluding hydrogens is 338 g/mol. The first kappa shape index (κ1) is 18.2. The van der Waals surface area contributed by atoms with Gasteiger partial charge in [0, 0.05) is 13.1 Å². The van der Waals surface area contributed by atoms with Crippen molar-refractivity contribution in [2.75, 3.05) is 7.05 Å². The van der Waals surface area contributed by atoms with Gasteiger partial charge in [0.05, 0.1) is 0 Å². The van der Waals surface area contributed by atoms with Gasteiger partial charge in [-0.3, -0.25) is 4.90 Å². The van der Waals surface area contributed by atoms with Crippen LogP contribution in [0.2, 0.25) is 0 Å². The standard InChI is InChI=1S/C27H25N/c1-28(20-22-12-16-26(17-13-22)24-8-4-2-5-9-24)21-23-14-18-27(19-15-23)25-10-6-3-7-11-25/h2-19H,20-21H2,1H3. The van der Waals surface area contributed by atoms with E-state index in [9.17, 15) is 0 Å². The lowest BCUT2D eigenvalue weighted by molar-refractivity contribution is 0.319. The first-order chi connectivity index (χ1) is 13.8. The highest BCUT2D eigenvalue weighted by Crippen LogP contribution is 2.21. The maximum absolute atomic E-state index is 2.36. The van der Waals surface area contributed by atoms with Crippen molar-refractivity contribution < 1.29 is 0 Å². The number of hydrogen-bond acceptors (Lipinski definition) is 1. The third-order valence-electron chi connectivity index (χ3n) is 5.03. The molecule has 0 bridgehead atoms. The Morgan fingerprint density at radius 1 is 0.429 bits per heavy atom. The van der Waals surface area contributed by atoms with Crippen molar-refractivity contribution in [1.29, 1.82) is 0 Å². The Morgan fingerprint density at radius 2 is 0.750 bits per heavy atom. The molecular formula is C27H25N. The van der Waals surface area contributed by atoms with Crippen LogP contribution < -0.4 is 0 Å². The average molecular weight is 364 g/mol. The molecule has 0 unspecified atom stereocenters. The molecule has 4 aromatic carbocycles. The van der Waals surface area contributed by atoms with Crippen LogP contribution in [0.1, 0.15) is 11.1 Å². The zero-order valence-corrected chi connectivity index (χ0v) is 16.3.